The van der Waals surface area contributed by atoms with Crippen LogP contribution in [0.25, 0.3) is 10.9 Å². The average molecular weight is 285 g/mol. The summed E-state index contributed by atoms with van der Waals surface area (Å²) in [5.41, 5.74) is 1.84. The van der Waals surface area contributed by atoms with E-state index in [2.05, 4.69) is 24.1 Å². The fourth-order valence-electron chi connectivity index (χ4n) is 3.03. The van der Waals surface area contributed by atoms with Crippen molar-refractivity contribution in [2.75, 3.05) is 13.1 Å². The molecular weight excluding hydrogens is 262 g/mol. The zero-order valence-corrected chi connectivity index (χ0v) is 12.7. The monoisotopic (exact) mass is 285 g/mol. The molecule has 1 fully saturated rings. The van der Waals surface area contributed by atoms with Crippen molar-refractivity contribution in [2.24, 2.45) is 0 Å². The second kappa shape index (κ2) is 5.90. The van der Waals surface area contributed by atoms with Gasteiger partial charge in [-0.3, -0.25) is 4.79 Å². The maximum absolute atomic E-state index is 12.8. The molecule has 0 aliphatic carbocycles. The van der Waals surface area contributed by atoms with Crippen molar-refractivity contribution in [3.8, 4) is 0 Å². The van der Waals surface area contributed by atoms with Crippen LogP contribution in [0.4, 0.5) is 0 Å². The molecule has 2 aromatic rings. The highest BCUT2D eigenvalue weighted by atomic mass is 16.2. The van der Waals surface area contributed by atoms with E-state index in [-0.39, 0.29) is 11.9 Å². The fourth-order valence-corrected chi connectivity index (χ4v) is 3.03. The third kappa shape index (κ3) is 2.95. The predicted molar refractivity (Wildman–Crippen MR) is 85.5 cm³/mol. The van der Waals surface area contributed by atoms with Gasteiger partial charge in [0.05, 0.1) is 0 Å². The summed E-state index contributed by atoms with van der Waals surface area (Å²) in [5, 5.41) is 4.56. The SMILES string of the molecule is CC(C)N(CC1CCCN1)C(=O)c1ccc2[nH]ccc2c1. The Hall–Kier alpha value is -1.81. The summed E-state index contributed by atoms with van der Waals surface area (Å²) in [7, 11) is 0. The molecule has 0 spiro atoms. The van der Waals surface area contributed by atoms with Crippen molar-refractivity contribution < 1.29 is 4.79 Å². The molecule has 0 saturated carbocycles. The molecule has 0 radical (unpaired) electrons. The number of carbonyl (C=O) groups is 1. The number of H-pyrrole nitrogens is 1. The Bertz CT molecular complexity index is 626. The molecule has 1 saturated heterocycles. The summed E-state index contributed by atoms with van der Waals surface area (Å²) >= 11 is 0. The lowest BCUT2D eigenvalue weighted by atomic mass is 10.1. The fraction of sp³-hybridized carbons (Fsp3) is 0.471. The number of nitrogens with zero attached hydrogens (tertiary/aromatic N) is 1. The molecule has 3 rings (SSSR count). The highest BCUT2D eigenvalue weighted by Gasteiger charge is 2.24. The van der Waals surface area contributed by atoms with Gasteiger partial charge in [-0.2, -0.15) is 0 Å². The molecule has 1 aromatic carbocycles. The standard InChI is InChI=1S/C17H23N3O/c1-12(2)20(11-15-4-3-8-18-15)17(21)14-5-6-16-13(10-14)7-9-19-16/h5-7,9-10,12,15,18-19H,3-4,8,11H2,1-2H3. The minimum Gasteiger partial charge on any atom is -0.361 e. The molecule has 21 heavy (non-hydrogen) atoms. The first kappa shape index (κ1) is 14.1. The molecular formula is C17H23N3O. The second-order valence-electron chi connectivity index (χ2n) is 6.12. The molecule has 2 N–H and O–H groups in total. The van der Waals surface area contributed by atoms with E-state index in [1.54, 1.807) is 0 Å². The molecule has 1 unspecified atom stereocenters. The molecule has 4 nitrogen and oxygen atoms in total. The van der Waals surface area contributed by atoms with Crippen LogP contribution in [0.1, 0.15) is 37.0 Å². The summed E-state index contributed by atoms with van der Waals surface area (Å²) in [5.74, 6) is 0.127. The normalized spacial score (nSPS) is 18.5. The number of fused-ring (bicyclic) bond motifs is 1. The minimum absolute atomic E-state index is 0.127. The Morgan fingerprint density at radius 1 is 1.38 bits per heavy atom. The van der Waals surface area contributed by atoms with Crippen LogP contribution in [0.3, 0.4) is 0 Å². The average Bonchev–Trinajstić information content (AvgIpc) is 3.14. The van der Waals surface area contributed by atoms with Crippen LogP contribution >= 0.6 is 0 Å². The van der Waals surface area contributed by atoms with E-state index >= 15 is 0 Å². The lowest BCUT2D eigenvalue weighted by molar-refractivity contribution is 0.0689. The van der Waals surface area contributed by atoms with Gasteiger partial charge in [0.2, 0.25) is 0 Å². The van der Waals surface area contributed by atoms with Crippen molar-refractivity contribution in [1.29, 1.82) is 0 Å². The molecule has 1 aliphatic heterocycles. The van der Waals surface area contributed by atoms with Crippen LogP contribution in [0.5, 0.6) is 0 Å². The smallest absolute Gasteiger partial charge is 0.254 e. The highest BCUT2D eigenvalue weighted by molar-refractivity contribution is 5.98. The first-order valence-corrected chi connectivity index (χ1v) is 7.76. The number of rotatable bonds is 4. The van der Waals surface area contributed by atoms with Crippen molar-refractivity contribution >= 4 is 16.8 Å². The molecule has 1 amide bonds. The minimum atomic E-state index is 0.127. The lowest BCUT2D eigenvalue weighted by Crippen LogP contribution is -2.44. The van der Waals surface area contributed by atoms with Crippen LogP contribution in [0, 0.1) is 0 Å². The molecule has 1 aliphatic rings. The lowest BCUT2D eigenvalue weighted by Gasteiger charge is -2.29. The Morgan fingerprint density at radius 2 is 2.24 bits per heavy atom. The molecule has 4 heteroatoms. The predicted octanol–water partition coefficient (Wildman–Crippen LogP) is 2.77. The van der Waals surface area contributed by atoms with E-state index in [0.717, 1.165) is 36.0 Å². The van der Waals surface area contributed by atoms with Gasteiger partial charge in [-0.1, -0.05) is 0 Å². The summed E-state index contributed by atoms with van der Waals surface area (Å²) in [4.78, 5) is 18.0. The number of benzene rings is 1. The van der Waals surface area contributed by atoms with Gasteiger partial charge in [-0.25, -0.2) is 0 Å². The molecule has 2 heterocycles. The molecule has 112 valence electrons. The Kier molecular flexibility index (Phi) is 3.97. The van der Waals surface area contributed by atoms with Crippen molar-refractivity contribution in [3.63, 3.8) is 0 Å². The van der Waals surface area contributed by atoms with Crippen LogP contribution in [0.15, 0.2) is 30.5 Å². The van der Waals surface area contributed by atoms with Crippen molar-refractivity contribution in [1.82, 2.24) is 15.2 Å². The van der Waals surface area contributed by atoms with Gasteiger partial charge in [0.15, 0.2) is 0 Å². The summed E-state index contributed by atoms with van der Waals surface area (Å²) < 4.78 is 0. The zero-order chi connectivity index (χ0) is 14.8. The van der Waals surface area contributed by atoms with E-state index in [1.807, 2.05) is 35.4 Å². The first-order chi connectivity index (χ1) is 10.1. The van der Waals surface area contributed by atoms with E-state index < -0.39 is 0 Å². The van der Waals surface area contributed by atoms with E-state index in [4.69, 9.17) is 0 Å². The number of hydrogen-bond acceptors (Lipinski definition) is 2. The maximum atomic E-state index is 12.8. The van der Waals surface area contributed by atoms with Gasteiger partial charge in [0.1, 0.15) is 0 Å². The Morgan fingerprint density at radius 3 is 2.95 bits per heavy atom. The van der Waals surface area contributed by atoms with Gasteiger partial charge in [-0.05, 0) is 57.5 Å². The Balaban J connectivity index is 1.81. The van der Waals surface area contributed by atoms with Gasteiger partial charge in [0.25, 0.3) is 5.91 Å². The number of aromatic nitrogens is 1. The molecule has 1 aromatic heterocycles. The van der Waals surface area contributed by atoms with Crippen molar-refractivity contribution in [3.05, 3.63) is 36.0 Å². The van der Waals surface area contributed by atoms with Gasteiger partial charge >= 0.3 is 0 Å². The van der Waals surface area contributed by atoms with Crippen LogP contribution < -0.4 is 5.32 Å². The van der Waals surface area contributed by atoms with Crippen LogP contribution in [-0.4, -0.2) is 41.0 Å². The molecule has 1 atom stereocenters. The quantitative estimate of drug-likeness (QED) is 0.907. The third-order valence-electron chi connectivity index (χ3n) is 4.26. The van der Waals surface area contributed by atoms with Crippen LogP contribution in [0.2, 0.25) is 0 Å². The number of carbonyl (C=O) groups excluding carboxylic acids is 1. The topological polar surface area (TPSA) is 48.1 Å². The van der Waals surface area contributed by atoms with E-state index in [9.17, 15) is 4.79 Å². The summed E-state index contributed by atoms with van der Waals surface area (Å²) in [6.07, 6.45) is 4.27. The first-order valence-electron chi connectivity index (χ1n) is 7.76. The number of hydrogen-bond donors (Lipinski definition) is 2. The van der Waals surface area contributed by atoms with Crippen LogP contribution in [-0.2, 0) is 0 Å². The zero-order valence-electron chi connectivity index (χ0n) is 12.7. The molecule has 0 bridgehead atoms. The maximum Gasteiger partial charge on any atom is 0.254 e. The Labute approximate surface area is 125 Å². The van der Waals surface area contributed by atoms with E-state index in [0.29, 0.717) is 6.04 Å². The number of amides is 1. The van der Waals surface area contributed by atoms with Gasteiger partial charge in [-0.15, -0.1) is 0 Å². The highest BCUT2D eigenvalue weighted by Crippen LogP contribution is 2.18. The van der Waals surface area contributed by atoms with Crippen molar-refractivity contribution in [2.45, 2.75) is 38.8 Å². The van der Waals surface area contributed by atoms with Gasteiger partial charge in [0, 0.05) is 41.3 Å². The summed E-state index contributed by atoms with van der Waals surface area (Å²) in [6.45, 7) is 6.03. The number of nitrogens with one attached hydrogen (secondary N) is 2. The summed E-state index contributed by atoms with van der Waals surface area (Å²) in [6, 6.07) is 8.53. The third-order valence-corrected chi connectivity index (χ3v) is 4.26. The largest absolute Gasteiger partial charge is 0.361 e. The van der Waals surface area contributed by atoms with Gasteiger partial charge < -0.3 is 15.2 Å². The number of aromatic amines is 1. The van der Waals surface area contributed by atoms with E-state index in [1.165, 1.54) is 6.42 Å². The second-order valence-corrected chi connectivity index (χ2v) is 6.12.